The molecule has 1 aliphatic heterocycles. The molecule has 14 heteroatoms. The molecule has 0 saturated carbocycles. The molecule has 0 bridgehead atoms. The number of furan rings is 1. The third-order valence-corrected chi connectivity index (χ3v) is 6.71. The van der Waals surface area contributed by atoms with Crippen LogP contribution in [0.25, 0.3) is 28.1 Å². The number of rotatable bonds is 8. The maximum absolute atomic E-state index is 14.9. The van der Waals surface area contributed by atoms with Crippen molar-refractivity contribution in [1.29, 1.82) is 0 Å². The molecule has 0 spiro atoms. The van der Waals surface area contributed by atoms with Crippen LogP contribution in [-0.2, 0) is 11.3 Å². The van der Waals surface area contributed by atoms with Crippen LogP contribution in [0.3, 0.4) is 0 Å². The molecule has 1 fully saturated rings. The van der Waals surface area contributed by atoms with E-state index in [0.29, 0.717) is 61.9 Å². The number of ether oxygens (including phenoxy) is 1. The minimum Gasteiger partial charge on any atom is -0.479 e. The molecular formula is C25H24F2N8O4. The number of fused-ring (bicyclic) bond motifs is 3. The maximum atomic E-state index is 14.9. The zero-order valence-corrected chi connectivity index (χ0v) is 20.6. The zero-order valence-electron chi connectivity index (χ0n) is 20.6. The number of piperazine rings is 1. The average Bonchev–Trinajstić information content (AvgIpc) is 3.68. The summed E-state index contributed by atoms with van der Waals surface area (Å²) >= 11 is 0. The minimum absolute atomic E-state index is 0.176. The topological polar surface area (TPSA) is 140 Å². The molecule has 0 radical (unpaired) electrons. The van der Waals surface area contributed by atoms with Gasteiger partial charge in [0.15, 0.2) is 35.4 Å². The van der Waals surface area contributed by atoms with E-state index in [-0.39, 0.29) is 11.6 Å². The van der Waals surface area contributed by atoms with Crippen molar-refractivity contribution in [3.63, 3.8) is 0 Å². The van der Waals surface area contributed by atoms with E-state index < -0.39 is 30.0 Å². The van der Waals surface area contributed by atoms with Crippen molar-refractivity contribution >= 4 is 34.3 Å². The Morgan fingerprint density at radius 2 is 1.97 bits per heavy atom. The largest absolute Gasteiger partial charge is 0.479 e. The molecule has 39 heavy (non-hydrogen) atoms. The van der Waals surface area contributed by atoms with Crippen LogP contribution in [0.5, 0.6) is 5.75 Å². The van der Waals surface area contributed by atoms with Gasteiger partial charge < -0.3 is 29.5 Å². The van der Waals surface area contributed by atoms with Crippen LogP contribution in [0.4, 0.5) is 20.4 Å². The number of aliphatic carboxylic acids is 1. The summed E-state index contributed by atoms with van der Waals surface area (Å²) < 4.78 is 42.7. The summed E-state index contributed by atoms with van der Waals surface area (Å²) in [6.07, 6.45) is 3.30. The number of aromatic nitrogens is 5. The van der Waals surface area contributed by atoms with Gasteiger partial charge in [-0.05, 0) is 30.3 Å². The van der Waals surface area contributed by atoms with Crippen molar-refractivity contribution in [3.8, 4) is 17.2 Å². The number of hydrogen-bond donors (Lipinski definition) is 2. The number of nitrogens with two attached hydrogens (primary N) is 1. The first-order chi connectivity index (χ1) is 18.9. The summed E-state index contributed by atoms with van der Waals surface area (Å²) in [5.41, 5.74) is 9.05. The lowest BCUT2D eigenvalue weighted by Gasteiger charge is -2.36. The van der Waals surface area contributed by atoms with E-state index in [9.17, 15) is 13.6 Å². The highest BCUT2D eigenvalue weighted by Crippen LogP contribution is 2.31. The van der Waals surface area contributed by atoms with Gasteiger partial charge in [0.25, 0.3) is 0 Å². The van der Waals surface area contributed by atoms with E-state index in [0.717, 1.165) is 11.6 Å². The maximum Gasteiger partial charge on any atom is 0.341 e. The second-order valence-electron chi connectivity index (χ2n) is 9.10. The Hall–Kier alpha value is -4.72. The van der Waals surface area contributed by atoms with Crippen LogP contribution in [0.1, 0.15) is 0 Å². The van der Waals surface area contributed by atoms with Gasteiger partial charge in [0.2, 0.25) is 5.95 Å². The number of anilines is 2. The molecule has 0 atom stereocenters. The zero-order chi connectivity index (χ0) is 27.1. The first-order valence-corrected chi connectivity index (χ1v) is 12.2. The van der Waals surface area contributed by atoms with Crippen LogP contribution >= 0.6 is 0 Å². The third-order valence-electron chi connectivity index (χ3n) is 6.71. The van der Waals surface area contributed by atoms with E-state index in [4.69, 9.17) is 20.0 Å². The average molecular weight is 539 g/mol. The van der Waals surface area contributed by atoms with Gasteiger partial charge in [-0.2, -0.15) is 14.6 Å². The predicted molar refractivity (Wildman–Crippen MR) is 137 cm³/mol. The predicted octanol–water partition coefficient (Wildman–Crippen LogP) is 2.49. The standard InChI is InChI=1S/C25H24F2N8O4/c26-15-3-4-17(21(27)23(15)39-13-20(36)37)33-8-5-32(6-9-33)7-10-34-14-29-22-18-12-16(19-2-1-11-38-19)31-35(18)25(28)30-24(22)34/h1-4,11-12,14H,5-10,13H2,(H2,28,30)(H,36,37). The van der Waals surface area contributed by atoms with Crippen molar-refractivity contribution in [2.45, 2.75) is 6.54 Å². The van der Waals surface area contributed by atoms with Gasteiger partial charge in [-0.1, -0.05) is 0 Å². The summed E-state index contributed by atoms with van der Waals surface area (Å²) in [5, 5.41) is 13.3. The lowest BCUT2D eigenvalue weighted by atomic mass is 10.2. The monoisotopic (exact) mass is 538 g/mol. The number of nitrogen functional groups attached to an aromatic ring is 1. The van der Waals surface area contributed by atoms with Crippen LogP contribution in [0, 0.1) is 11.6 Å². The van der Waals surface area contributed by atoms with Gasteiger partial charge in [0, 0.05) is 39.3 Å². The molecular weight excluding hydrogens is 514 g/mol. The molecule has 1 aliphatic rings. The number of benzene rings is 1. The molecule has 5 aromatic rings. The molecule has 4 aromatic heterocycles. The first-order valence-electron chi connectivity index (χ1n) is 12.2. The van der Waals surface area contributed by atoms with E-state index >= 15 is 0 Å². The molecule has 0 amide bonds. The number of carboxylic acid groups (broad SMARTS) is 1. The number of halogens is 2. The molecule has 3 N–H and O–H groups in total. The third kappa shape index (κ3) is 4.58. The molecule has 1 aromatic carbocycles. The van der Waals surface area contributed by atoms with Crippen molar-refractivity contribution in [2.75, 3.05) is 50.0 Å². The Labute approximate surface area is 219 Å². The smallest absolute Gasteiger partial charge is 0.341 e. The van der Waals surface area contributed by atoms with Crippen LogP contribution in [-0.4, -0.2) is 79.5 Å². The van der Waals surface area contributed by atoms with Crippen LogP contribution in [0.2, 0.25) is 0 Å². The molecule has 202 valence electrons. The number of hydrogen-bond acceptors (Lipinski definition) is 9. The van der Waals surface area contributed by atoms with Gasteiger partial charge in [0.05, 0.1) is 18.3 Å². The van der Waals surface area contributed by atoms with Gasteiger partial charge in [-0.15, -0.1) is 0 Å². The van der Waals surface area contributed by atoms with E-state index in [1.165, 1.54) is 6.07 Å². The van der Waals surface area contributed by atoms with Crippen molar-refractivity contribution < 1.29 is 27.8 Å². The van der Waals surface area contributed by atoms with E-state index in [1.54, 1.807) is 28.1 Å². The van der Waals surface area contributed by atoms with Crippen LogP contribution in [0.15, 0.2) is 47.3 Å². The lowest BCUT2D eigenvalue weighted by Crippen LogP contribution is -2.47. The number of imidazole rings is 1. The molecule has 6 rings (SSSR count). The van der Waals surface area contributed by atoms with Gasteiger partial charge in [-0.25, -0.2) is 18.6 Å². The highest BCUT2D eigenvalue weighted by atomic mass is 19.1. The molecule has 0 aliphatic carbocycles. The van der Waals surface area contributed by atoms with E-state index in [2.05, 4.69) is 20.0 Å². The Morgan fingerprint density at radius 1 is 1.15 bits per heavy atom. The number of carboxylic acids is 1. The SMILES string of the molecule is Nc1nc2c(ncn2CCN2CCN(c3ccc(F)c(OCC(=O)O)c3F)CC2)c2cc(-c3ccco3)nn12. The molecule has 5 heterocycles. The summed E-state index contributed by atoms with van der Waals surface area (Å²) in [7, 11) is 0. The Bertz CT molecular complexity index is 1660. The highest BCUT2D eigenvalue weighted by molar-refractivity contribution is 5.90. The molecule has 0 unspecified atom stereocenters. The first kappa shape index (κ1) is 24.6. The number of nitrogens with zero attached hydrogens (tertiary/aromatic N) is 7. The fourth-order valence-electron chi connectivity index (χ4n) is 4.76. The minimum atomic E-state index is -1.32. The summed E-state index contributed by atoms with van der Waals surface area (Å²) in [5.74, 6) is -2.99. The highest BCUT2D eigenvalue weighted by Gasteiger charge is 2.24. The van der Waals surface area contributed by atoms with Gasteiger partial charge in [0.1, 0.15) is 16.7 Å². The molecule has 12 nitrogen and oxygen atoms in total. The van der Waals surface area contributed by atoms with Gasteiger partial charge in [-0.3, -0.25) is 4.90 Å². The number of carbonyl (C=O) groups is 1. The van der Waals surface area contributed by atoms with Crippen LogP contribution < -0.4 is 15.4 Å². The summed E-state index contributed by atoms with van der Waals surface area (Å²) in [6.45, 7) is 2.77. The Kier molecular flexibility index (Phi) is 6.23. The summed E-state index contributed by atoms with van der Waals surface area (Å²) in [6, 6.07) is 7.89. The normalized spacial score (nSPS) is 14.5. The van der Waals surface area contributed by atoms with Crippen molar-refractivity contribution in [1.82, 2.24) is 29.0 Å². The molecule has 1 saturated heterocycles. The lowest BCUT2D eigenvalue weighted by molar-refractivity contribution is -0.139. The van der Waals surface area contributed by atoms with Crippen molar-refractivity contribution in [2.24, 2.45) is 0 Å². The second kappa shape index (κ2) is 9.87. The Morgan fingerprint density at radius 3 is 2.72 bits per heavy atom. The second-order valence-corrected chi connectivity index (χ2v) is 9.10. The fourth-order valence-corrected chi connectivity index (χ4v) is 4.76. The quantitative estimate of drug-likeness (QED) is 0.303. The fraction of sp³-hybridized carbons (Fsp3) is 0.280. The van der Waals surface area contributed by atoms with E-state index in [1.807, 2.05) is 16.7 Å². The Balaban J connectivity index is 1.13. The van der Waals surface area contributed by atoms with Gasteiger partial charge >= 0.3 is 5.97 Å². The summed E-state index contributed by atoms with van der Waals surface area (Å²) in [4.78, 5) is 23.8. The van der Waals surface area contributed by atoms with Crippen molar-refractivity contribution in [3.05, 3.63) is 54.6 Å².